The number of nitrogens with one attached hydrogen (secondary N) is 2. The van der Waals surface area contributed by atoms with Gasteiger partial charge in [0.1, 0.15) is 5.82 Å². The molecule has 2 amide bonds. The van der Waals surface area contributed by atoms with Crippen LogP contribution in [0.3, 0.4) is 0 Å². The standard InChI is InChI=1S/C22H35FN4O2/c1-16(2)13-27-14-17(21(28)24-10-5-11-26(3)4)12-18(15-27)22(29)25-20-8-6-19(23)7-9-20/h6-9,16-18H,5,10-15H2,1-4H3,(H,24,28)(H,25,29)/t17-,18+/m0/s1. The summed E-state index contributed by atoms with van der Waals surface area (Å²) in [7, 11) is 4.02. The Morgan fingerprint density at radius 3 is 2.34 bits per heavy atom. The molecule has 1 aliphatic heterocycles. The minimum atomic E-state index is -0.338. The minimum absolute atomic E-state index is 0.0248. The van der Waals surface area contributed by atoms with Crippen molar-refractivity contribution in [3.05, 3.63) is 30.1 Å². The zero-order valence-corrected chi connectivity index (χ0v) is 18.1. The number of likely N-dealkylation sites (tertiary alicyclic amines) is 1. The molecule has 1 fully saturated rings. The molecular formula is C22H35FN4O2. The van der Waals surface area contributed by atoms with E-state index in [1.165, 1.54) is 12.1 Å². The van der Waals surface area contributed by atoms with E-state index in [4.69, 9.17) is 0 Å². The third kappa shape index (κ3) is 8.11. The number of nitrogens with zero attached hydrogens (tertiary/aromatic N) is 2. The summed E-state index contributed by atoms with van der Waals surface area (Å²) in [6.07, 6.45) is 1.43. The van der Waals surface area contributed by atoms with E-state index >= 15 is 0 Å². The maximum absolute atomic E-state index is 13.1. The van der Waals surface area contributed by atoms with Gasteiger partial charge in [-0.25, -0.2) is 4.39 Å². The van der Waals surface area contributed by atoms with Crippen LogP contribution in [0.1, 0.15) is 26.7 Å². The second-order valence-corrected chi connectivity index (χ2v) is 8.69. The van der Waals surface area contributed by atoms with Crippen LogP contribution in [0.5, 0.6) is 0 Å². The molecule has 0 bridgehead atoms. The predicted octanol–water partition coefficient (Wildman–Crippen LogP) is 2.43. The van der Waals surface area contributed by atoms with E-state index in [0.717, 1.165) is 19.5 Å². The Morgan fingerprint density at radius 1 is 1.14 bits per heavy atom. The second kappa shape index (κ2) is 11.3. The number of rotatable bonds is 9. The van der Waals surface area contributed by atoms with Crippen molar-refractivity contribution in [2.45, 2.75) is 26.7 Å². The molecular weight excluding hydrogens is 371 g/mol. The zero-order chi connectivity index (χ0) is 21.4. The first-order valence-electron chi connectivity index (χ1n) is 10.5. The quantitative estimate of drug-likeness (QED) is 0.618. The van der Waals surface area contributed by atoms with Gasteiger partial charge in [0.25, 0.3) is 0 Å². The first kappa shape index (κ1) is 23.3. The van der Waals surface area contributed by atoms with Crippen molar-refractivity contribution in [3.8, 4) is 0 Å². The molecule has 2 atom stereocenters. The molecule has 0 aromatic heterocycles. The van der Waals surface area contributed by atoms with Crippen LogP contribution >= 0.6 is 0 Å². The molecule has 6 nitrogen and oxygen atoms in total. The molecule has 7 heteroatoms. The molecule has 0 radical (unpaired) electrons. The molecule has 0 saturated carbocycles. The van der Waals surface area contributed by atoms with Gasteiger partial charge in [0.2, 0.25) is 11.8 Å². The number of benzene rings is 1. The maximum atomic E-state index is 13.1. The highest BCUT2D eigenvalue weighted by Crippen LogP contribution is 2.24. The number of piperidine rings is 1. The lowest BCUT2D eigenvalue weighted by Gasteiger charge is -2.37. The van der Waals surface area contributed by atoms with Crippen molar-refractivity contribution in [3.63, 3.8) is 0 Å². The summed E-state index contributed by atoms with van der Waals surface area (Å²) in [5, 5.41) is 5.90. The van der Waals surface area contributed by atoms with Crippen LogP contribution in [0.4, 0.5) is 10.1 Å². The highest BCUT2D eigenvalue weighted by Gasteiger charge is 2.35. The summed E-state index contributed by atoms with van der Waals surface area (Å²) in [6, 6.07) is 5.75. The smallest absolute Gasteiger partial charge is 0.228 e. The number of amides is 2. The van der Waals surface area contributed by atoms with E-state index in [-0.39, 0.29) is 29.5 Å². The number of anilines is 1. The first-order chi connectivity index (χ1) is 13.7. The van der Waals surface area contributed by atoms with Gasteiger partial charge in [-0.2, -0.15) is 0 Å². The third-order valence-electron chi connectivity index (χ3n) is 5.08. The molecule has 1 aromatic rings. The van der Waals surface area contributed by atoms with E-state index in [2.05, 4.69) is 34.3 Å². The van der Waals surface area contributed by atoms with Gasteiger partial charge in [0, 0.05) is 31.9 Å². The molecule has 29 heavy (non-hydrogen) atoms. The summed E-state index contributed by atoms with van der Waals surface area (Å²) in [4.78, 5) is 29.8. The van der Waals surface area contributed by atoms with E-state index in [1.807, 2.05) is 14.1 Å². The summed E-state index contributed by atoms with van der Waals surface area (Å²) in [6.45, 7) is 8.01. The van der Waals surface area contributed by atoms with Crippen LogP contribution in [-0.4, -0.2) is 68.4 Å². The first-order valence-corrected chi connectivity index (χ1v) is 10.5. The van der Waals surface area contributed by atoms with Crippen molar-refractivity contribution < 1.29 is 14.0 Å². The fourth-order valence-corrected chi connectivity index (χ4v) is 3.76. The van der Waals surface area contributed by atoms with Crippen LogP contribution in [0.15, 0.2) is 24.3 Å². The second-order valence-electron chi connectivity index (χ2n) is 8.69. The Bertz CT molecular complexity index is 663. The monoisotopic (exact) mass is 406 g/mol. The average Bonchev–Trinajstić information content (AvgIpc) is 2.66. The van der Waals surface area contributed by atoms with Crippen molar-refractivity contribution >= 4 is 17.5 Å². The Balaban J connectivity index is 1.97. The number of hydrogen-bond donors (Lipinski definition) is 2. The molecule has 0 spiro atoms. The van der Waals surface area contributed by atoms with E-state index in [0.29, 0.717) is 37.7 Å². The molecule has 1 heterocycles. The van der Waals surface area contributed by atoms with Crippen molar-refractivity contribution in [2.24, 2.45) is 17.8 Å². The van der Waals surface area contributed by atoms with Crippen LogP contribution < -0.4 is 10.6 Å². The van der Waals surface area contributed by atoms with Crippen molar-refractivity contribution in [1.29, 1.82) is 0 Å². The fourth-order valence-electron chi connectivity index (χ4n) is 3.76. The molecule has 0 unspecified atom stereocenters. The van der Waals surface area contributed by atoms with Gasteiger partial charge in [-0.05, 0) is 63.7 Å². The van der Waals surface area contributed by atoms with Gasteiger partial charge in [0.05, 0.1) is 11.8 Å². The lowest BCUT2D eigenvalue weighted by Crippen LogP contribution is -2.50. The molecule has 2 rings (SSSR count). The van der Waals surface area contributed by atoms with Gasteiger partial charge < -0.3 is 20.4 Å². The minimum Gasteiger partial charge on any atom is -0.356 e. The SMILES string of the molecule is CC(C)CN1C[C@@H](C(=O)NCCCN(C)C)C[C@@H](C(=O)Nc2ccc(F)cc2)C1. The molecule has 2 N–H and O–H groups in total. The van der Waals surface area contributed by atoms with E-state index < -0.39 is 0 Å². The Morgan fingerprint density at radius 2 is 1.76 bits per heavy atom. The van der Waals surface area contributed by atoms with Crippen molar-refractivity contribution in [2.75, 3.05) is 52.1 Å². The Labute approximate surface area is 173 Å². The normalized spacial score (nSPS) is 20.1. The van der Waals surface area contributed by atoms with Crippen LogP contribution in [0, 0.1) is 23.6 Å². The van der Waals surface area contributed by atoms with Crippen LogP contribution in [-0.2, 0) is 9.59 Å². The van der Waals surface area contributed by atoms with E-state index in [1.54, 1.807) is 12.1 Å². The van der Waals surface area contributed by atoms with Gasteiger partial charge >= 0.3 is 0 Å². The summed E-state index contributed by atoms with van der Waals surface area (Å²) < 4.78 is 13.1. The summed E-state index contributed by atoms with van der Waals surface area (Å²) >= 11 is 0. The van der Waals surface area contributed by atoms with Gasteiger partial charge in [-0.15, -0.1) is 0 Å². The van der Waals surface area contributed by atoms with E-state index in [9.17, 15) is 14.0 Å². The van der Waals surface area contributed by atoms with Gasteiger partial charge in [-0.1, -0.05) is 13.8 Å². The molecule has 1 aliphatic rings. The predicted molar refractivity (Wildman–Crippen MR) is 114 cm³/mol. The number of carbonyl (C=O) groups is 2. The van der Waals surface area contributed by atoms with Crippen molar-refractivity contribution in [1.82, 2.24) is 15.1 Å². The zero-order valence-electron chi connectivity index (χ0n) is 18.1. The number of halogens is 1. The number of carbonyl (C=O) groups excluding carboxylic acids is 2. The Kier molecular flexibility index (Phi) is 9.04. The number of hydrogen-bond acceptors (Lipinski definition) is 4. The van der Waals surface area contributed by atoms with Crippen LogP contribution in [0.25, 0.3) is 0 Å². The largest absolute Gasteiger partial charge is 0.356 e. The molecule has 162 valence electrons. The van der Waals surface area contributed by atoms with Gasteiger partial charge in [0.15, 0.2) is 0 Å². The lowest BCUT2D eigenvalue weighted by atomic mass is 9.87. The maximum Gasteiger partial charge on any atom is 0.228 e. The van der Waals surface area contributed by atoms with Crippen LogP contribution in [0.2, 0.25) is 0 Å². The molecule has 0 aliphatic carbocycles. The fraction of sp³-hybridized carbons (Fsp3) is 0.636. The molecule has 1 saturated heterocycles. The Hall–Kier alpha value is -1.99. The third-order valence-corrected chi connectivity index (χ3v) is 5.08. The highest BCUT2D eigenvalue weighted by molar-refractivity contribution is 5.93. The average molecular weight is 407 g/mol. The van der Waals surface area contributed by atoms with Gasteiger partial charge in [-0.3, -0.25) is 9.59 Å². The summed E-state index contributed by atoms with van der Waals surface area (Å²) in [5.41, 5.74) is 0.571. The molecule has 1 aromatic carbocycles. The highest BCUT2D eigenvalue weighted by atomic mass is 19.1. The lowest BCUT2D eigenvalue weighted by molar-refractivity contribution is -0.130. The summed E-state index contributed by atoms with van der Waals surface area (Å²) in [5.74, 6) is -0.448. The topological polar surface area (TPSA) is 64.7 Å².